The minimum Gasteiger partial charge on any atom is -0.480 e. The van der Waals surface area contributed by atoms with Gasteiger partial charge in [0.2, 0.25) is 0 Å². The fourth-order valence-electron chi connectivity index (χ4n) is 1.93. The van der Waals surface area contributed by atoms with Crippen molar-refractivity contribution in [2.24, 2.45) is 5.92 Å². The molecular weight excluding hydrogens is 252 g/mol. The van der Waals surface area contributed by atoms with Gasteiger partial charge in [0.15, 0.2) is 15.1 Å². The zero-order valence-corrected chi connectivity index (χ0v) is 11.6. The van der Waals surface area contributed by atoms with Crippen LogP contribution >= 0.6 is 0 Å². The van der Waals surface area contributed by atoms with Gasteiger partial charge in [-0.15, -0.1) is 0 Å². The molecule has 5 heteroatoms. The summed E-state index contributed by atoms with van der Waals surface area (Å²) in [6.07, 6.45) is 0. The Bertz CT molecular complexity index is 532. The van der Waals surface area contributed by atoms with Crippen LogP contribution in [0, 0.1) is 12.8 Å². The summed E-state index contributed by atoms with van der Waals surface area (Å²) in [5.41, 5.74) is 1.51. The van der Waals surface area contributed by atoms with Crippen LogP contribution in [0.5, 0.6) is 0 Å². The second-order valence-electron chi connectivity index (χ2n) is 4.74. The number of hydrogen-bond donors (Lipinski definition) is 1. The molecule has 4 nitrogen and oxygen atoms in total. The number of hydrogen-bond acceptors (Lipinski definition) is 3. The van der Waals surface area contributed by atoms with Gasteiger partial charge in [-0.3, -0.25) is 4.79 Å². The second kappa shape index (κ2) is 5.52. The number of aliphatic carboxylic acids is 1. The number of carboxylic acid groups (broad SMARTS) is 1. The quantitative estimate of drug-likeness (QED) is 0.888. The van der Waals surface area contributed by atoms with Crippen molar-refractivity contribution < 1.29 is 18.3 Å². The van der Waals surface area contributed by atoms with Crippen LogP contribution in [0.15, 0.2) is 24.3 Å². The Labute approximate surface area is 108 Å². The third-order valence-corrected chi connectivity index (χ3v) is 5.09. The van der Waals surface area contributed by atoms with Crippen molar-refractivity contribution in [2.75, 3.05) is 0 Å². The number of aryl methyl sites for hydroxylation is 1. The smallest absolute Gasteiger partial charge is 0.322 e. The van der Waals surface area contributed by atoms with Crippen LogP contribution in [0.4, 0.5) is 0 Å². The Morgan fingerprint density at radius 2 is 1.83 bits per heavy atom. The zero-order valence-electron chi connectivity index (χ0n) is 10.8. The van der Waals surface area contributed by atoms with Gasteiger partial charge in [0.25, 0.3) is 0 Å². The van der Waals surface area contributed by atoms with E-state index in [1.165, 1.54) is 0 Å². The van der Waals surface area contributed by atoms with Gasteiger partial charge >= 0.3 is 5.97 Å². The molecule has 0 fully saturated rings. The summed E-state index contributed by atoms with van der Waals surface area (Å²) in [5.74, 6) is -1.95. The van der Waals surface area contributed by atoms with Crippen LogP contribution in [0.25, 0.3) is 0 Å². The predicted molar refractivity (Wildman–Crippen MR) is 70.1 cm³/mol. The Balaban J connectivity index is 3.08. The molecule has 1 atom stereocenters. The maximum Gasteiger partial charge on any atom is 0.322 e. The molecule has 0 aliphatic rings. The highest BCUT2D eigenvalue weighted by Gasteiger charge is 2.35. The summed E-state index contributed by atoms with van der Waals surface area (Å²) in [6.45, 7) is 5.03. The van der Waals surface area contributed by atoms with Crippen molar-refractivity contribution in [1.29, 1.82) is 0 Å². The van der Waals surface area contributed by atoms with E-state index in [1.54, 1.807) is 26.0 Å². The molecule has 100 valence electrons. The fourth-order valence-corrected chi connectivity index (χ4v) is 4.01. The molecule has 0 bridgehead atoms. The standard InChI is InChI=1S/C13H18O4S/c1-9(2)12(13(14)15)18(16,17)8-11-7-5-4-6-10(11)3/h4-7,9,12H,8H2,1-3H3,(H,14,15). The molecule has 0 aliphatic heterocycles. The monoisotopic (exact) mass is 270 g/mol. The summed E-state index contributed by atoms with van der Waals surface area (Å²) in [4.78, 5) is 11.1. The molecule has 1 aromatic rings. The van der Waals surface area contributed by atoms with Crippen molar-refractivity contribution in [3.63, 3.8) is 0 Å². The number of rotatable bonds is 5. The lowest BCUT2D eigenvalue weighted by molar-refractivity contribution is -0.137. The van der Waals surface area contributed by atoms with Crippen LogP contribution in [0.2, 0.25) is 0 Å². The van der Waals surface area contributed by atoms with Gasteiger partial charge in [-0.25, -0.2) is 8.42 Å². The summed E-state index contributed by atoms with van der Waals surface area (Å²) >= 11 is 0. The van der Waals surface area contributed by atoms with Crippen LogP contribution in [-0.2, 0) is 20.4 Å². The van der Waals surface area contributed by atoms with Crippen molar-refractivity contribution in [2.45, 2.75) is 31.8 Å². The Hall–Kier alpha value is -1.36. The minimum atomic E-state index is -3.70. The Kier molecular flexibility index (Phi) is 4.51. The van der Waals surface area contributed by atoms with E-state index in [-0.39, 0.29) is 5.75 Å². The van der Waals surface area contributed by atoms with Crippen molar-refractivity contribution in [1.82, 2.24) is 0 Å². The second-order valence-corrected chi connectivity index (χ2v) is 6.86. The lowest BCUT2D eigenvalue weighted by Crippen LogP contribution is -2.35. The van der Waals surface area contributed by atoms with E-state index in [0.717, 1.165) is 5.56 Å². The van der Waals surface area contributed by atoms with Crippen molar-refractivity contribution in [3.05, 3.63) is 35.4 Å². The highest BCUT2D eigenvalue weighted by atomic mass is 32.2. The Morgan fingerprint density at radius 3 is 2.28 bits per heavy atom. The van der Waals surface area contributed by atoms with Gasteiger partial charge in [0, 0.05) is 0 Å². The first-order chi connectivity index (χ1) is 8.25. The van der Waals surface area contributed by atoms with Gasteiger partial charge in [-0.2, -0.15) is 0 Å². The third kappa shape index (κ3) is 3.32. The zero-order chi connectivity index (χ0) is 13.9. The lowest BCUT2D eigenvalue weighted by Gasteiger charge is -2.17. The highest BCUT2D eigenvalue weighted by Crippen LogP contribution is 2.19. The number of carbonyl (C=O) groups is 1. The average Bonchev–Trinajstić information content (AvgIpc) is 2.19. The van der Waals surface area contributed by atoms with E-state index in [1.807, 2.05) is 19.1 Å². The Morgan fingerprint density at radius 1 is 1.28 bits per heavy atom. The van der Waals surface area contributed by atoms with E-state index in [2.05, 4.69) is 0 Å². The normalized spacial score (nSPS) is 13.6. The predicted octanol–water partition coefficient (Wildman–Crippen LogP) is 2.02. The average molecular weight is 270 g/mol. The van der Waals surface area contributed by atoms with Gasteiger partial charge < -0.3 is 5.11 Å². The van der Waals surface area contributed by atoms with Crippen LogP contribution in [-0.4, -0.2) is 24.7 Å². The summed E-state index contributed by atoms with van der Waals surface area (Å²) < 4.78 is 24.3. The molecule has 0 radical (unpaired) electrons. The van der Waals surface area contributed by atoms with Gasteiger partial charge in [-0.1, -0.05) is 38.1 Å². The molecule has 0 aliphatic carbocycles. The van der Waals surface area contributed by atoms with Crippen molar-refractivity contribution >= 4 is 15.8 Å². The molecule has 18 heavy (non-hydrogen) atoms. The molecule has 1 rings (SSSR count). The molecule has 0 amide bonds. The van der Waals surface area contributed by atoms with E-state index >= 15 is 0 Å². The maximum atomic E-state index is 12.2. The van der Waals surface area contributed by atoms with E-state index < -0.39 is 27.0 Å². The first-order valence-corrected chi connectivity index (χ1v) is 7.46. The molecular formula is C13H18O4S. The first kappa shape index (κ1) is 14.7. The molecule has 0 saturated heterocycles. The van der Waals surface area contributed by atoms with Gasteiger partial charge in [0.1, 0.15) is 0 Å². The number of benzene rings is 1. The van der Waals surface area contributed by atoms with E-state index in [9.17, 15) is 13.2 Å². The van der Waals surface area contributed by atoms with E-state index in [4.69, 9.17) is 5.11 Å². The molecule has 0 saturated carbocycles. The maximum absolute atomic E-state index is 12.2. The molecule has 1 aromatic carbocycles. The number of sulfone groups is 1. The summed E-state index contributed by atoms with van der Waals surface area (Å²) in [7, 11) is -3.70. The SMILES string of the molecule is Cc1ccccc1CS(=O)(=O)C(C(=O)O)C(C)C. The minimum absolute atomic E-state index is 0.227. The molecule has 1 N–H and O–H groups in total. The van der Waals surface area contributed by atoms with Crippen LogP contribution in [0.3, 0.4) is 0 Å². The summed E-state index contributed by atoms with van der Waals surface area (Å²) in [6, 6.07) is 7.10. The van der Waals surface area contributed by atoms with Gasteiger partial charge in [0.05, 0.1) is 5.75 Å². The first-order valence-electron chi connectivity index (χ1n) is 5.74. The van der Waals surface area contributed by atoms with Gasteiger partial charge in [-0.05, 0) is 24.0 Å². The lowest BCUT2D eigenvalue weighted by atomic mass is 10.1. The fraction of sp³-hybridized carbons (Fsp3) is 0.462. The van der Waals surface area contributed by atoms with Crippen LogP contribution < -0.4 is 0 Å². The summed E-state index contributed by atoms with van der Waals surface area (Å²) in [5, 5.41) is 7.70. The van der Waals surface area contributed by atoms with Crippen molar-refractivity contribution in [3.8, 4) is 0 Å². The highest BCUT2D eigenvalue weighted by molar-refractivity contribution is 7.92. The third-order valence-electron chi connectivity index (χ3n) is 2.85. The molecule has 0 aromatic heterocycles. The van der Waals surface area contributed by atoms with Crippen LogP contribution in [0.1, 0.15) is 25.0 Å². The molecule has 0 spiro atoms. The molecule has 1 unspecified atom stereocenters. The number of carboxylic acids is 1. The topological polar surface area (TPSA) is 71.4 Å². The van der Waals surface area contributed by atoms with E-state index in [0.29, 0.717) is 5.56 Å². The molecule has 0 heterocycles. The largest absolute Gasteiger partial charge is 0.480 e.